The second-order valence-corrected chi connectivity index (χ2v) is 4.99. The van der Waals surface area contributed by atoms with E-state index in [1.54, 1.807) is 24.4 Å². The molecule has 1 aromatic carbocycles. The molecule has 2 aromatic heterocycles. The number of nitrogens with one attached hydrogen (secondary N) is 3. The number of H-pyrrole nitrogens is 1. The lowest BCUT2D eigenvalue weighted by Gasteiger charge is -2.08. The lowest BCUT2D eigenvalue weighted by atomic mass is 10.1. The smallest absolute Gasteiger partial charge is 0.319 e. The maximum atomic E-state index is 12.1. The average molecular weight is 318 g/mol. The number of aromatic amines is 1. The molecule has 118 valence electrons. The summed E-state index contributed by atoms with van der Waals surface area (Å²) in [4.78, 5) is 16.3. The van der Waals surface area contributed by atoms with Crippen LogP contribution in [0.1, 0.15) is 11.1 Å². The van der Waals surface area contributed by atoms with Crippen LogP contribution in [0.2, 0.25) is 0 Å². The van der Waals surface area contributed by atoms with E-state index in [2.05, 4.69) is 31.9 Å². The number of urea groups is 1. The molecule has 0 unspecified atom stereocenters. The Balaban J connectivity index is 1.64. The van der Waals surface area contributed by atoms with Gasteiger partial charge in [0.1, 0.15) is 5.69 Å². The second-order valence-electron chi connectivity index (χ2n) is 4.99. The van der Waals surface area contributed by atoms with Crippen LogP contribution in [-0.2, 0) is 6.54 Å². The summed E-state index contributed by atoms with van der Waals surface area (Å²) in [6, 6.07) is 14.3. The molecular weight excluding hydrogens is 304 g/mol. The molecule has 0 atom stereocenters. The van der Waals surface area contributed by atoms with E-state index in [9.17, 15) is 4.79 Å². The third-order valence-corrected chi connectivity index (χ3v) is 3.32. The van der Waals surface area contributed by atoms with Crippen molar-refractivity contribution in [2.24, 2.45) is 0 Å². The molecule has 3 aromatic rings. The zero-order chi connectivity index (χ0) is 16.8. The predicted molar refractivity (Wildman–Crippen MR) is 88.8 cm³/mol. The van der Waals surface area contributed by atoms with Crippen molar-refractivity contribution in [1.82, 2.24) is 20.5 Å². The molecule has 0 spiro atoms. The minimum absolute atomic E-state index is 0.318. The zero-order valence-electron chi connectivity index (χ0n) is 12.7. The Labute approximate surface area is 138 Å². The molecule has 3 N–H and O–H groups in total. The van der Waals surface area contributed by atoms with Crippen molar-refractivity contribution < 1.29 is 4.79 Å². The Morgan fingerprint density at radius 3 is 2.96 bits per heavy atom. The third kappa shape index (κ3) is 3.56. The van der Waals surface area contributed by atoms with Crippen LogP contribution < -0.4 is 10.6 Å². The Bertz CT molecular complexity index is 881. The van der Waals surface area contributed by atoms with Crippen LogP contribution in [0.5, 0.6) is 0 Å². The van der Waals surface area contributed by atoms with E-state index >= 15 is 0 Å². The quantitative estimate of drug-likeness (QED) is 0.687. The predicted octanol–water partition coefficient (Wildman–Crippen LogP) is 2.67. The Hall–Kier alpha value is -3.66. The standard InChI is InChI=1S/C17H14N6O/c18-9-12-4-3-5-13(8-12)10-20-17(24)22-15-11-21-23-16(15)14-6-1-2-7-19-14/h1-8,11H,10H2,(H,21,23)(H2,20,22,24). The van der Waals surface area contributed by atoms with E-state index < -0.39 is 0 Å². The molecule has 2 amide bonds. The number of carbonyl (C=O) groups is 1. The SMILES string of the molecule is N#Cc1cccc(CNC(=O)Nc2cn[nH]c2-c2ccccn2)c1. The molecule has 0 fully saturated rings. The molecule has 0 radical (unpaired) electrons. The van der Waals surface area contributed by atoms with Crippen LogP contribution in [0.3, 0.4) is 0 Å². The van der Waals surface area contributed by atoms with Gasteiger partial charge in [-0.25, -0.2) is 4.79 Å². The summed E-state index contributed by atoms with van der Waals surface area (Å²) >= 11 is 0. The Morgan fingerprint density at radius 2 is 2.17 bits per heavy atom. The first-order valence-electron chi connectivity index (χ1n) is 7.25. The average Bonchev–Trinajstić information content (AvgIpc) is 3.09. The van der Waals surface area contributed by atoms with Gasteiger partial charge in [-0.2, -0.15) is 10.4 Å². The van der Waals surface area contributed by atoms with Crippen molar-refractivity contribution >= 4 is 11.7 Å². The Morgan fingerprint density at radius 1 is 1.25 bits per heavy atom. The van der Waals surface area contributed by atoms with Gasteiger partial charge in [0, 0.05) is 12.7 Å². The topological polar surface area (TPSA) is 106 Å². The van der Waals surface area contributed by atoms with Crippen molar-refractivity contribution in [1.29, 1.82) is 5.26 Å². The number of amides is 2. The number of hydrogen-bond acceptors (Lipinski definition) is 4. The van der Waals surface area contributed by atoms with Gasteiger partial charge in [-0.3, -0.25) is 10.1 Å². The number of anilines is 1. The van der Waals surface area contributed by atoms with Crippen LogP contribution in [0.4, 0.5) is 10.5 Å². The number of nitriles is 1. The molecule has 0 aliphatic carbocycles. The molecule has 0 aliphatic heterocycles. The van der Waals surface area contributed by atoms with Gasteiger partial charge in [-0.05, 0) is 29.8 Å². The number of pyridine rings is 1. The number of rotatable bonds is 4. The van der Waals surface area contributed by atoms with Crippen molar-refractivity contribution in [3.63, 3.8) is 0 Å². The van der Waals surface area contributed by atoms with E-state index in [-0.39, 0.29) is 6.03 Å². The highest BCUT2D eigenvalue weighted by molar-refractivity contribution is 5.92. The molecule has 0 saturated carbocycles. The van der Waals surface area contributed by atoms with E-state index in [4.69, 9.17) is 5.26 Å². The fraction of sp³-hybridized carbons (Fsp3) is 0.0588. The molecular formula is C17H14N6O. The van der Waals surface area contributed by atoms with Gasteiger partial charge in [0.15, 0.2) is 0 Å². The van der Waals surface area contributed by atoms with E-state index in [1.807, 2.05) is 24.3 Å². The first-order chi connectivity index (χ1) is 11.8. The summed E-state index contributed by atoms with van der Waals surface area (Å²) in [6.07, 6.45) is 3.20. The molecule has 3 rings (SSSR count). The minimum atomic E-state index is -0.365. The Kier molecular flexibility index (Phi) is 4.49. The second kappa shape index (κ2) is 7.07. The van der Waals surface area contributed by atoms with Gasteiger partial charge in [0.25, 0.3) is 0 Å². The molecule has 24 heavy (non-hydrogen) atoms. The highest BCUT2D eigenvalue weighted by atomic mass is 16.2. The number of benzene rings is 1. The van der Waals surface area contributed by atoms with Gasteiger partial charge in [-0.15, -0.1) is 0 Å². The van der Waals surface area contributed by atoms with E-state index in [1.165, 1.54) is 6.20 Å². The van der Waals surface area contributed by atoms with E-state index in [0.717, 1.165) is 5.56 Å². The van der Waals surface area contributed by atoms with Crippen molar-refractivity contribution in [3.8, 4) is 17.5 Å². The maximum absolute atomic E-state index is 12.1. The molecule has 0 saturated heterocycles. The molecule has 0 aliphatic rings. The van der Waals surface area contributed by atoms with Gasteiger partial charge in [-0.1, -0.05) is 18.2 Å². The summed E-state index contributed by atoms with van der Waals surface area (Å²) in [5, 5.41) is 21.1. The van der Waals surface area contributed by atoms with Gasteiger partial charge >= 0.3 is 6.03 Å². The maximum Gasteiger partial charge on any atom is 0.319 e. The lowest BCUT2D eigenvalue weighted by molar-refractivity contribution is 0.251. The monoisotopic (exact) mass is 318 g/mol. The molecule has 7 heteroatoms. The summed E-state index contributed by atoms with van der Waals surface area (Å²) in [5.74, 6) is 0. The van der Waals surface area contributed by atoms with Crippen molar-refractivity contribution in [3.05, 3.63) is 66.0 Å². The number of aromatic nitrogens is 3. The van der Waals surface area contributed by atoms with Gasteiger partial charge in [0.05, 0.1) is 29.2 Å². The van der Waals surface area contributed by atoms with Crippen LogP contribution in [-0.4, -0.2) is 21.2 Å². The number of hydrogen-bond donors (Lipinski definition) is 3. The normalized spacial score (nSPS) is 9.96. The van der Waals surface area contributed by atoms with Crippen LogP contribution in [0.25, 0.3) is 11.4 Å². The first-order valence-corrected chi connectivity index (χ1v) is 7.25. The molecule has 0 bridgehead atoms. The number of nitrogens with zero attached hydrogens (tertiary/aromatic N) is 3. The third-order valence-electron chi connectivity index (χ3n) is 3.32. The minimum Gasteiger partial charge on any atom is -0.334 e. The lowest BCUT2D eigenvalue weighted by Crippen LogP contribution is -2.28. The summed E-state index contributed by atoms with van der Waals surface area (Å²) < 4.78 is 0. The summed E-state index contributed by atoms with van der Waals surface area (Å²) in [6.45, 7) is 0.318. The first kappa shape index (κ1) is 15.2. The zero-order valence-corrected chi connectivity index (χ0v) is 12.7. The van der Waals surface area contributed by atoms with Crippen LogP contribution in [0.15, 0.2) is 54.9 Å². The fourth-order valence-electron chi connectivity index (χ4n) is 2.19. The highest BCUT2D eigenvalue weighted by Crippen LogP contribution is 2.22. The summed E-state index contributed by atoms with van der Waals surface area (Å²) in [5.41, 5.74) is 3.27. The van der Waals surface area contributed by atoms with Gasteiger partial charge in [0.2, 0.25) is 0 Å². The van der Waals surface area contributed by atoms with E-state index in [0.29, 0.717) is 29.2 Å². The summed E-state index contributed by atoms with van der Waals surface area (Å²) in [7, 11) is 0. The number of carbonyl (C=O) groups excluding carboxylic acids is 1. The van der Waals surface area contributed by atoms with Crippen molar-refractivity contribution in [2.45, 2.75) is 6.54 Å². The van der Waals surface area contributed by atoms with Crippen molar-refractivity contribution in [2.75, 3.05) is 5.32 Å². The largest absolute Gasteiger partial charge is 0.334 e. The molecule has 2 heterocycles. The van der Waals surface area contributed by atoms with Crippen LogP contribution in [0, 0.1) is 11.3 Å². The highest BCUT2D eigenvalue weighted by Gasteiger charge is 2.11. The molecule has 7 nitrogen and oxygen atoms in total. The fourth-order valence-corrected chi connectivity index (χ4v) is 2.19. The van der Waals surface area contributed by atoms with Gasteiger partial charge < -0.3 is 10.6 Å². The van der Waals surface area contributed by atoms with Crippen LogP contribution >= 0.6 is 0 Å².